The molecule has 1 aliphatic rings. The highest BCUT2D eigenvalue weighted by Gasteiger charge is 2.16. The second-order valence-electron chi connectivity index (χ2n) is 5.07. The molecule has 1 nitrogen and oxygen atoms in total. The standard InChI is InChI=1S/C16H19NS2/c1-11-5-8-15(18-11)16(10-17)19-14-7-6-12-3-2-4-13(12)9-14/h5-9,16H,2-4,10,17H2,1H3. The van der Waals surface area contributed by atoms with Crippen LogP contribution in [0.15, 0.2) is 35.2 Å². The smallest absolute Gasteiger partial charge is 0.0560 e. The first-order chi connectivity index (χ1) is 9.26. The average molecular weight is 289 g/mol. The fourth-order valence-electron chi connectivity index (χ4n) is 2.63. The first-order valence-electron chi connectivity index (χ1n) is 6.81. The van der Waals surface area contributed by atoms with E-state index in [0.717, 1.165) is 0 Å². The Morgan fingerprint density at radius 3 is 2.79 bits per heavy atom. The van der Waals surface area contributed by atoms with E-state index in [4.69, 9.17) is 5.73 Å². The summed E-state index contributed by atoms with van der Waals surface area (Å²) >= 11 is 3.77. The zero-order chi connectivity index (χ0) is 13.2. The third kappa shape index (κ3) is 2.88. The number of hydrogen-bond donors (Lipinski definition) is 1. The van der Waals surface area contributed by atoms with Crippen LogP contribution in [0.5, 0.6) is 0 Å². The molecule has 100 valence electrons. The third-order valence-electron chi connectivity index (χ3n) is 3.64. The van der Waals surface area contributed by atoms with Crippen LogP contribution in [0.1, 0.15) is 32.6 Å². The van der Waals surface area contributed by atoms with E-state index >= 15 is 0 Å². The van der Waals surface area contributed by atoms with Gasteiger partial charge in [0.1, 0.15) is 0 Å². The fourth-order valence-corrected chi connectivity index (χ4v) is 4.77. The van der Waals surface area contributed by atoms with Crippen LogP contribution < -0.4 is 5.73 Å². The molecule has 1 unspecified atom stereocenters. The minimum Gasteiger partial charge on any atom is -0.329 e. The van der Waals surface area contributed by atoms with Crippen molar-refractivity contribution in [2.24, 2.45) is 5.73 Å². The molecule has 0 fully saturated rings. The minimum atomic E-state index is 0.387. The monoisotopic (exact) mass is 289 g/mol. The van der Waals surface area contributed by atoms with E-state index in [2.05, 4.69) is 37.3 Å². The predicted octanol–water partition coefficient (Wildman–Crippen LogP) is 4.34. The van der Waals surface area contributed by atoms with Crippen LogP contribution in [-0.4, -0.2) is 6.54 Å². The normalized spacial score (nSPS) is 15.5. The fraction of sp³-hybridized carbons (Fsp3) is 0.375. The van der Waals surface area contributed by atoms with Gasteiger partial charge in [-0.05, 0) is 61.6 Å². The molecule has 1 atom stereocenters. The molecule has 0 saturated heterocycles. The van der Waals surface area contributed by atoms with Crippen molar-refractivity contribution >= 4 is 23.1 Å². The lowest BCUT2D eigenvalue weighted by molar-refractivity contribution is 0.911. The van der Waals surface area contributed by atoms with Gasteiger partial charge in [0.25, 0.3) is 0 Å². The maximum absolute atomic E-state index is 5.96. The van der Waals surface area contributed by atoms with Crippen LogP contribution in [0.3, 0.4) is 0 Å². The summed E-state index contributed by atoms with van der Waals surface area (Å²) in [6.45, 7) is 2.85. The van der Waals surface area contributed by atoms with E-state index < -0.39 is 0 Å². The Labute approximate surface area is 123 Å². The maximum atomic E-state index is 5.96. The van der Waals surface area contributed by atoms with Crippen LogP contribution in [0.25, 0.3) is 0 Å². The van der Waals surface area contributed by atoms with Gasteiger partial charge in [0.2, 0.25) is 0 Å². The maximum Gasteiger partial charge on any atom is 0.0560 e. The zero-order valence-electron chi connectivity index (χ0n) is 11.2. The number of nitrogens with two attached hydrogens (primary N) is 1. The van der Waals surface area contributed by atoms with E-state index in [1.54, 1.807) is 11.1 Å². The summed E-state index contributed by atoms with van der Waals surface area (Å²) in [4.78, 5) is 4.12. The van der Waals surface area contributed by atoms with Crippen molar-refractivity contribution in [1.82, 2.24) is 0 Å². The first kappa shape index (κ1) is 13.2. The van der Waals surface area contributed by atoms with Crippen molar-refractivity contribution in [3.8, 4) is 0 Å². The van der Waals surface area contributed by atoms with E-state index in [1.165, 1.54) is 33.9 Å². The Morgan fingerprint density at radius 2 is 2.05 bits per heavy atom. The lowest BCUT2D eigenvalue weighted by Gasteiger charge is -2.13. The summed E-state index contributed by atoms with van der Waals surface area (Å²) in [5.74, 6) is 0. The van der Waals surface area contributed by atoms with Crippen molar-refractivity contribution in [2.45, 2.75) is 36.3 Å². The van der Waals surface area contributed by atoms with Gasteiger partial charge >= 0.3 is 0 Å². The summed E-state index contributed by atoms with van der Waals surface area (Å²) in [5.41, 5.74) is 9.05. The minimum absolute atomic E-state index is 0.387. The number of aryl methyl sites for hydroxylation is 3. The molecule has 0 radical (unpaired) electrons. The Hall–Kier alpha value is -0.770. The van der Waals surface area contributed by atoms with E-state index in [-0.39, 0.29) is 0 Å². The van der Waals surface area contributed by atoms with Gasteiger partial charge in [0.05, 0.1) is 5.25 Å². The van der Waals surface area contributed by atoms with Crippen LogP contribution in [0.4, 0.5) is 0 Å². The van der Waals surface area contributed by atoms with Gasteiger partial charge in [-0.1, -0.05) is 6.07 Å². The molecule has 0 saturated carbocycles. The Bertz CT molecular complexity index is 574. The molecule has 1 aromatic heterocycles. The zero-order valence-corrected chi connectivity index (χ0v) is 12.8. The van der Waals surface area contributed by atoms with Crippen molar-refractivity contribution in [1.29, 1.82) is 0 Å². The second kappa shape index (κ2) is 5.70. The molecule has 19 heavy (non-hydrogen) atoms. The number of thiophene rings is 1. The second-order valence-corrected chi connectivity index (χ2v) is 7.67. The number of benzene rings is 1. The van der Waals surface area contributed by atoms with E-state index in [9.17, 15) is 0 Å². The Balaban J connectivity index is 1.79. The molecule has 0 amide bonds. The largest absolute Gasteiger partial charge is 0.329 e. The molecule has 1 aliphatic carbocycles. The van der Waals surface area contributed by atoms with Crippen molar-refractivity contribution in [3.63, 3.8) is 0 Å². The van der Waals surface area contributed by atoms with Gasteiger partial charge in [0.15, 0.2) is 0 Å². The van der Waals surface area contributed by atoms with Crippen molar-refractivity contribution in [2.75, 3.05) is 6.54 Å². The first-order valence-corrected chi connectivity index (χ1v) is 8.51. The van der Waals surface area contributed by atoms with Crippen LogP contribution in [-0.2, 0) is 12.8 Å². The molecule has 1 aromatic carbocycles. The molecule has 0 aliphatic heterocycles. The molecule has 2 aromatic rings. The number of thioether (sulfide) groups is 1. The summed E-state index contributed by atoms with van der Waals surface area (Å²) in [5, 5.41) is 0.387. The van der Waals surface area contributed by atoms with Gasteiger partial charge in [-0.2, -0.15) is 0 Å². The molecule has 0 spiro atoms. The highest BCUT2D eigenvalue weighted by molar-refractivity contribution is 7.99. The Morgan fingerprint density at radius 1 is 1.21 bits per heavy atom. The van der Waals surface area contributed by atoms with Crippen molar-refractivity contribution < 1.29 is 0 Å². The van der Waals surface area contributed by atoms with Gasteiger partial charge in [0, 0.05) is 21.2 Å². The van der Waals surface area contributed by atoms with Gasteiger partial charge < -0.3 is 5.73 Å². The lowest BCUT2D eigenvalue weighted by atomic mass is 10.1. The molecule has 3 rings (SSSR count). The number of rotatable bonds is 4. The van der Waals surface area contributed by atoms with Gasteiger partial charge in [-0.3, -0.25) is 0 Å². The highest BCUT2D eigenvalue weighted by atomic mass is 32.2. The Kier molecular flexibility index (Phi) is 3.96. The van der Waals surface area contributed by atoms with Crippen LogP contribution in [0.2, 0.25) is 0 Å². The molecular weight excluding hydrogens is 270 g/mol. The number of fused-ring (bicyclic) bond motifs is 1. The van der Waals surface area contributed by atoms with Crippen LogP contribution in [0, 0.1) is 6.92 Å². The van der Waals surface area contributed by atoms with Crippen molar-refractivity contribution in [3.05, 3.63) is 51.2 Å². The predicted molar refractivity (Wildman–Crippen MR) is 85.2 cm³/mol. The van der Waals surface area contributed by atoms with E-state index in [0.29, 0.717) is 11.8 Å². The summed E-state index contributed by atoms with van der Waals surface area (Å²) in [7, 11) is 0. The molecule has 3 heteroatoms. The summed E-state index contributed by atoms with van der Waals surface area (Å²) < 4.78 is 0. The molecular formula is C16H19NS2. The average Bonchev–Trinajstić information content (AvgIpc) is 3.04. The molecule has 0 bridgehead atoms. The lowest BCUT2D eigenvalue weighted by Crippen LogP contribution is -2.07. The third-order valence-corrected chi connectivity index (χ3v) is 6.16. The van der Waals surface area contributed by atoms with E-state index in [1.807, 2.05) is 23.1 Å². The summed E-state index contributed by atoms with van der Waals surface area (Å²) in [6.07, 6.45) is 3.81. The van der Waals surface area contributed by atoms with Crippen LogP contribution >= 0.6 is 23.1 Å². The quantitative estimate of drug-likeness (QED) is 0.847. The van der Waals surface area contributed by atoms with Gasteiger partial charge in [-0.25, -0.2) is 0 Å². The SMILES string of the molecule is Cc1ccc(C(CN)Sc2ccc3c(c2)CCC3)s1. The molecule has 1 heterocycles. The topological polar surface area (TPSA) is 26.0 Å². The summed E-state index contributed by atoms with van der Waals surface area (Å²) in [6, 6.07) is 11.3. The van der Waals surface area contributed by atoms with Gasteiger partial charge in [-0.15, -0.1) is 23.1 Å². The number of hydrogen-bond acceptors (Lipinski definition) is 3. The molecule has 2 N–H and O–H groups in total. The highest BCUT2D eigenvalue weighted by Crippen LogP contribution is 2.39.